The van der Waals surface area contributed by atoms with Crippen molar-refractivity contribution >= 4 is 17.1 Å². The summed E-state index contributed by atoms with van der Waals surface area (Å²) in [5, 5.41) is 21.9. The molecule has 1 aromatic heterocycles. The molecule has 2 aromatic carbocycles. The number of oxazole rings is 1. The second-order valence-electron chi connectivity index (χ2n) is 8.74. The van der Waals surface area contributed by atoms with Gasteiger partial charge in [0.2, 0.25) is 5.82 Å². The minimum absolute atomic E-state index is 0.0380. The van der Waals surface area contributed by atoms with Crippen molar-refractivity contribution < 1.29 is 33.2 Å². The third-order valence-electron chi connectivity index (χ3n) is 6.01. The van der Waals surface area contributed by atoms with Crippen LogP contribution in [0.4, 0.5) is 10.4 Å². The summed E-state index contributed by atoms with van der Waals surface area (Å²) in [6.07, 6.45) is 0.822. The summed E-state index contributed by atoms with van der Waals surface area (Å²) in [5.74, 6) is 0.453. The average Bonchev–Trinajstić information content (AvgIpc) is 3.29. The number of likely N-dealkylation sites (tertiary alicyclic amines) is 1. The molecule has 196 valence electrons. The first-order chi connectivity index (χ1) is 17.5. The fourth-order valence-electron chi connectivity index (χ4n) is 4.25. The van der Waals surface area contributed by atoms with Crippen LogP contribution in [0.3, 0.4) is 0 Å². The molecule has 1 saturated heterocycles. The molecule has 1 atom stereocenters. The van der Waals surface area contributed by atoms with E-state index in [1.165, 1.54) is 0 Å². The molecule has 0 spiro atoms. The summed E-state index contributed by atoms with van der Waals surface area (Å²) in [6.45, 7) is 6.41. The van der Waals surface area contributed by atoms with E-state index in [4.69, 9.17) is 23.7 Å². The monoisotopic (exact) mass is 503 g/mol. The number of fused-ring (bicyclic) bond motifs is 1. The Kier molecular flexibility index (Phi) is 8.84. The van der Waals surface area contributed by atoms with Gasteiger partial charge in [0.05, 0.1) is 19.8 Å². The minimum atomic E-state index is -0.961. The zero-order chi connectivity index (χ0) is 25.5. The number of benzene rings is 2. The van der Waals surface area contributed by atoms with Gasteiger partial charge in [0.25, 0.3) is 6.01 Å². The normalized spacial score (nSPS) is 15.7. The van der Waals surface area contributed by atoms with Gasteiger partial charge in [-0.1, -0.05) is 6.07 Å². The van der Waals surface area contributed by atoms with Crippen molar-refractivity contribution in [1.82, 2.24) is 9.88 Å². The van der Waals surface area contributed by atoms with Gasteiger partial charge in [0.1, 0.15) is 18.2 Å². The second kappa shape index (κ2) is 12.2. The molecule has 0 radical (unpaired) electrons. The number of aliphatic hydroxyl groups excluding tert-OH is 2. The predicted octanol–water partition coefficient (Wildman–Crippen LogP) is 3.57. The molecule has 0 bridgehead atoms. The van der Waals surface area contributed by atoms with Crippen LogP contribution in [0.1, 0.15) is 32.3 Å². The molecule has 1 aliphatic rings. The van der Waals surface area contributed by atoms with Gasteiger partial charge >= 0.3 is 0 Å². The molecule has 1 unspecified atom stereocenters. The van der Waals surface area contributed by atoms with E-state index < -0.39 is 11.9 Å². The molecule has 36 heavy (non-hydrogen) atoms. The third-order valence-corrected chi connectivity index (χ3v) is 6.01. The maximum absolute atomic E-state index is 14.5. The first-order valence-electron chi connectivity index (χ1n) is 12.4. The number of hydrogen-bond donors (Lipinski definition) is 3. The SMILES string of the molecule is CCOc1cc(CN2CCC(Nc3nc4cccc(OCC(O)CO)c4o3)CC2)cc(OCC)c1F. The molecule has 0 amide bonds. The maximum atomic E-state index is 14.5. The predicted molar refractivity (Wildman–Crippen MR) is 133 cm³/mol. The number of aliphatic hydroxyl groups is 2. The van der Waals surface area contributed by atoms with E-state index >= 15 is 0 Å². The number of hydrogen-bond acceptors (Lipinski definition) is 9. The maximum Gasteiger partial charge on any atom is 0.296 e. The Morgan fingerprint density at radius 1 is 1.11 bits per heavy atom. The Morgan fingerprint density at radius 2 is 1.81 bits per heavy atom. The largest absolute Gasteiger partial charge is 0.491 e. The lowest BCUT2D eigenvalue weighted by molar-refractivity contribution is 0.0538. The highest BCUT2D eigenvalue weighted by Gasteiger charge is 2.23. The highest BCUT2D eigenvalue weighted by molar-refractivity contribution is 5.80. The molecule has 3 aromatic rings. The van der Waals surface area contributed by atoms with Crippen molar-refractivity contribution in [3.05, 3.63) is 41.7 Å². The van der Waals surface area contributed by atoms with E-state index in [0.29, 0.717) is 42.6 Å². The number of para-hydroxylation sites is 1. The van der Waals surface area contributed by atoms with Crippen LogP contribution in [0.2, 0.25) is 0 Å². The molecule has 2 heterocycles. The summed E-state index contributed by atoms with van der Waals surface area (Å²) in [7, 11) is 0. The van der Waals surface area contributed by atoms with Crippen molar-refractivity contribution in [2.75, 3.05) is 44.8 Å². The number of nitrogens with one attached hydrogen (secondary N) is 1. The van der Waals surface area contributed by atoms with Gasteiger partial charge in [0.15, 0.2) is 22.8 Å². The summed E-state index contributed by atoms with van der Waals surface area (Å²) >= 11 is 0. The number of ether oxygens (including phenoxy) is 3. The van der Waals surface area contributed by atoms with E-state index in [9.17, 15) is 9.50 Å². The highest BCUT2D eigenvalue weighted by atomic mass is 19.1. The van der Waals surface area contributed by atoms with E-state index in [1.807, 2.05) is 19.9 Å². The zero-order valence-corrected chi connectivity index (χ0v) is 20.7. The van der Waals surface area contributed by atoms with Gasteiger partial charge in [-0.25, -0.2) is 0 Å². The van der Waals surface area contributed by atoms with Gasteiger partial charge in [-0.15, -0.1) is 0 Å². The standard InChI is InChI=1S/C26H34FN3O6/c1-3-33-22-12-17(13-23(24(22)27)34-4-2)14-30-10-8-18(9-11-30)28-26-29-20-6-5-7-21(25(20)36-26)35-16-19(32)15-31/h5-7,12-13,18-19,31-32H,3-4,8-11,14-16H2,1-2H3,(H,28,29). The van der Waals surface area contributed by atoms with Crippen LogP contribution in [0, 0.1) is 5.82 Å². The van der Waals surface area contributed by atoms with E-state index in [1.54, 1.807) is 24.3 Å². The lowest BCUT2D eigenvalue weighted by Gasteiger charge is -2.32. The molecule has 10 heteroatoms. The Balaban J connectivity index is 1.35. The van der Waals surface area contributed by atoms with Crippen molar-refractivity contribution in [3.8, 4) is 17.2 Å². The average molecular weight is 504 g/mol. The zero-order valence-electron chi connectivity index (χ0n) is 20.7. The van der Waals surface area contributed by atoms with E-state index in [2.05, 4.69) is 15.2 Å². The Morgan fingerprint density at radius 3 is 2.44 bits per heavy atom. The summed E-state index contributed by atoms with van der Waals surface area (Å²) in [4.78, 5) is 6.84. The number of aromatic nitrogens is 1. The first-order valence-corrected chi connectivity index (χ1v) is 12.4. The molecule has 1 fully saturated rings. The number of rotatable bonds is 12. The topological polar surface area (TPSA) is 109 Å². The third kappa shape index (κ3) is 6.37. The van der Waals surface area contributed by atoms with Crippen LogP contribution >= 0.6 is 0 Å². The van der Waals surface area contributed by atoms with Gasteiger partial charge in [-0.05, 0) is 56.5 Å². The fraction of sp³-hybridized carbons (Fsp3) is 0.500. The molecular weight excluding hydrogens is 469 g/mol. The summed E-state index contributed by atoms with van der Waals surface area (Å²) in [6, 6.07) is 9.49. The van der Waals surface area contributed by atoms with Crippen molar-refractivity contribution in [1.29, 1.82) is 0 Å². The van der Waals surface area contributed by atoms with Gasteiger partial charge in [0, 0.05) is 25.7 Å². The quantitative estimate of drug-likeness (QED) is 0.342. The Bertz CT molecular complexity index is 1110. The van der Waals surface area contributed by atoms with Crippen LogP contribution in [0.15, 0.2) is 34.7 Å². The summed E-state index contributed by atoms with van der Waals surface area (Å²) in [5.41, 5.74) is 2.10. The van der Waals surface area contributed by atoms with Crippen molar-refractivity contribution in [3.63, 3.8) is 0 Å². The molecule has 1 aliphatic heterocycles. The highest BCUT2D eigenvalue weighted by Crippen LogP contribution is 2.31. The molecule has 3 N–H and O–H groups in total. The molecule has 4 rings (SSSR count). The van der Waals surface area contributed by atoms with Gasteiger partial charge < -0.3 is 34.2 Å². The second-order valence-corrected chi connectivity index (χ2v) is 8.74. The lowest BCUT2D eigenvalue weighted by atomic mass is 10.0. The Labute approximate surface area is 209 Å². The molecular formula is C26H34FN3O6. The van der Waals surface area contributed by atoms with E-state index in [-0.39, 0.29) is 30.8 Å². The molecule has 9 nitrogen and oxygen atoms in total. The van der Waals surface area contributed by atoms with Crippen molar-refractivity contribution in [2.45, 2.75) is 45.4 Å². The van der Waals surface area contributed by atoms with Crippen LogP contribution in [-0.4, -0.2) is 71.8 Å². The van der Waals surface area contributed by atoms with Crippen LogP contribution in [0.25, 0.3) is 11.1 Å². The van der Waals surface area contributed by atoms with Crippen LogP contribution < -0.4 is 19.5 Å². The summed E-state index contributed by atoms with van der Waals surface area (Å²) < 4.78 is 37.0. The molecule has 0 saturated carbocycles. The van der Waals surface area contributed by atoms with Crippen LogP contribution in [-0.2, 0) is 6.54 Å². The Hall–Kier alpha value is -3.08. The number of piperidine rings is 1. The van der Waals surface area contributed by atoms with Gasteiger partial charge in [-0.3, -0.25) is 4.90 Å². The molecule has 0 aliphatic carbocycles. The lowest BCUT2D eigenvalue weighted by Crippen LogP contribution is -2.38. The number of halogens is 1. The minimum Gasteiger partial charge on any atom is -0.491 e. The van der Waals surface area contributed by atoms with E-state index in [0.717, 1.165) is 31.5 Å². The number of nitrogens with zero attached hydrogens (tertiary/aromatic N) is 2. The van der Waals surface area contributed by atoms with Gasteiger partial charge in [-0.2, -0.15) is 9.37 Å². The van der Waals surface area contributed by atoms with Crippen LogP contribution in [0.5, 0.6) is 17.2 Å². The fourth-order valence-corrected chi connectivity index (χ4v) is 4.25. The smallest absolute Gasteiger partial charge is 0.296 e. The first kappa shape index (κ1) is 26.0. The number of anilines is 1. The van der Waals surface area contributed by atoms with Crippen molar-refractivity contribution in [2.24, 2.45) is 0 Å².